The van der Waals surface area contributed by atoms with Crippen LogP contribution in [-0.4, -0.2) is 292 Å². The zero-order valence-corrected chi connectivity index (χ0v) is 85.5. The molecule has 3 aliphatic heterocycles. The van der Waals surface area contributed by atoms with Crippen molar-refractivity contribution in [2.75, 3.05) is 59.4 Å². The van der Waals surface area contributed by atoms with Crippen molar-refractivity contribution < 1.29 is 130 Å². The number of hydrogen-bond acceptors (Lipinski definition) is 30. The Bertz CT molecular complexity index is 5120. The van der Waals surface area contributed by atoms with Gasteiger partial charge in [-0.05, 0) is 164 Å². The summed E-state index contributed by atoms with van der Waals surface area (Å²) in [5, 5.41) is 74.6. The number of benzene rings is 3. The van der Waals surface area contributed by atoms with Gasteiger partial charge in [-0.3, -0.25) is 58.8 Å². The molecule has 3 aromatic rings. The van der Waals surface area contributed by atoms with E-state index in [1.807, 2.05) is 0 Å². The molecule has 782 valence electrons. The average molecular weight is 2030 g/mol. The largest absolute Gasteiger partial charge is 0.509 e. The van der Waals surface area contributed by atoms with Gasteiger partial charge in [0.15, 0.2) is 23.3 Å². The minimum Gasteiger partial charge on any atom is -0.508 e. The molecule has 2 unspecified atom stereocenters. The SMILES string of the molecule is CO[C@H]1C(=O)[C@]2(C)[C@@H](OC)C[C@H]3OC[C@@]3(OC(C)=O)[C@H]2[C@H](OC(=O)c2ccccc2)[C@]2(O)CC(OC(=O)C(OC(=O)OCCSSC(C)(C)[C@H](NC(C)=O)C(=O)N3CCC[C@H]3C(=O)N[C@@H](CCCNC(=N)N)C(=O)N[C@@H](CCCNC(=N)N)C(=O)N3CCC[C@H]3C(=O)N[C@@H](Cc3ccc(O)cc3)C(=O)N[C@H](C(=O)N[C@@H](CC(C)C)C(=O)O)C(C)(C)C)[C@@H](NC(=O)OC(C)(C)C)c3ccccc3)C(C)=C1C2(C)C. The maximum atomic E-state index is 16.2. The van der Waals surface area contributed by atoms with E-state index in [9.17, 15) is 58.5 Å². The molecule has 18 N–H and O–H groups in total. The number of carbonyl (C=O) groups is 15. The first-order valence-electron chi connectivity index (χ1n) is 47.6. The van der Waals surface area contributed by atoms with E-state index in [1.165, 1.54) is 86.4 Å². The molecule has 0 radical (unpaired) electrons. The van der Waals surface area contributed by atoms with Crippen LogP contribution in [0.4, 0.5) is 9.59 Å². The third-order valence-corrected chi connectivity index (χ3v) is 30.1. The number of amides is 9. The summed E-state index contributed by atoms with van der Waals surface area (Å²) in [6, 6.07) is 8.91. The molecule has 9 rings (SSSR count). The van der Waals surface area contributed by atoms with Gasteiger partial charge in [-0.2, -0.15) is 0 Å². The van der Waals surface area contributed by atoms with E-state index in [2.05, 4.69) is 47.9 Å². The number of methoxy groups -OCH3 is 2. The van der Waals surface area contributed by atoms with E-state index >= 15 is 28.8 Å². The number of aliphatic hydroxyl groups is 1. The first-order chi connectivity index (χ1) is 66.5. The number of rotatable bonds is 43. The number of fused-ring (bicyclic) bond motifs is 5. The molecule has 3 aromatic carbocycles. The van der Waals surface area contributed by atoms with Gasteiger partial charge >= 0.3 is 36.1 Å². The Morgan fingerprint density at radius 1 is 0.676 bits per heavy atom. The molecule has 2 bridgehead atoms. The Hall–Kier alpha value is -11.9. The number of nitrogens with two attached hydrogens (primary N) is 2. The van der Waals surface area contributed by atoms with Crippen molar-refractivity contribution in [3.8, 4) is 5.75 Å². The lowest BCUT2D eigenvalue weighted by molar-refractivity contribution is -0.347. The number of nitrogens with one attached hydrogen (secondary N) is 11. The summed E-state index contributed by atoms with van der Waals surface area (Å²) in [7, 11) is 4.83. The summed E-state index contributed by atoms with van der Waals surface area (Å²) < 4.78 is 54.2. The lowest BCUT2D eigenvalue weighted by Gasteiger charge is -2.67. The second kappa shape index (κ2) is 48.5. The number of carboxylic acids is 1. The van der Waals surface area contributed by atoms with E-state index in [4.69, 9.17) is 64.9 Å². The van der Waals surface area contributed by atoms with Crippen LogP contribution in [0.1, 0.15) is 209 Å². The van der Waals surface area contributed by atoms with Crippen molar-refractivity contribution in [3.05, 3.63) is 113 Å². The highest BCUT2D eigenvalue weighted by Gasteiger charge is 2.79. The van der Waals surface area contributed by atoms with Crippen molar-refractivity contribution >= 4 is 123 Å². The van der Waals surface area contributed by atoms with Crippen LogP contribution in [0.5, 0.6) is 5.75 Å². The number of carbonyl (C=O) groups excluding carboxylic acids is 14. The first-order valence-corrected chi connectivity index (χ1v) is 49.9. The number of ether oxygens (including phenoxy) is 9. The van der Waals surface area contributed by atoms with Crippen molar-refractivity contribution in [3.63, 3.8) is 0 Å². The van der Waals surface area contributed by atoms with Crippen LogP contribution in [0.3, 0.4) is 0 Å². The molecule has 6 aliphatic rings. The number of Topliss-reactive ketones (excluding diaryl/α,β-unsaturated/α-hetero) is 1. The van der Waals surface area contributed by atoms with Crippen molar-refractivity contribution in [1.82, 2.24) is 57.7 Å². The molecule has 2 saturated carbocycles. The van der Waals surface area contributed by atoms with Gasteiger partial charge in [-0.15, -0.1) is 0 Å². The fraction of sp³-hybridized carbons (Fsp3) is 0.622. The third-order valence-electron chi connectivity index (χ3n) is 26.8. The zero-order valence-electron chi connectivity index (χ0n) is 83.8. The van der Waals surface area contributed by atoms with Gasteiger partial charge in [0.1, 0.15) is 102 Å². The minimum atomic E-state index is -2.45. The number of carboxylic acid groups (broad SMARTS) is 1. The normalized spacial score (nSPS) is 24.1. The van der Waals surface area contributed by atoms with Crippen LogP contribution in [0.15, 0.2) is 96.1 Å². The maximum absolute atomic E-state index is 16.2. The predicted octanol–water partition coefficient (Wildman–Crippen LogP) is 5.45. The summed E-state index contributed by atoms with van der Waals surface area (Å²) in [6.45, 7) is 24.6. The van der Waals surface area contributed by atoms with Gasteiger partial charge in [-0.1, -0.05) is 131 Å². The highest BCUT2D eigenvalue weighted by atomic mass is 33.1. The van der Waals surface area contributed by atoms with E-state index in [0.717, 1.165) is 21.6 Å². The standard InChI is InChI=1S/C98H141N15O27S2/c1-52(2)47-63(85(125)126)109-82(122)74(92(6,7)8)111-79(119)62(48-56-37-39-59(116)40-38-56)108-81(121)64-35-27-43-112(64)83(123)61(34-26-42-104-89(101)102)107-78(118)60(33-25-41-103-88(99)100)106-80(120)65-36-28-44-113(65)84(124)75(105-54(4)114)95(14,15)142-141-46-45-134-91(130)137-72(70(57-29-21-19-22-30-57)110-90(129)140-93(9,10)11)87(128)136-66-50-98(131)77(138-86(127)58-31-23-20-24-32-58)73-96(16,76(117)71(133-18)69(53(66)3)94(98,12)13)67(132-17)49-68-97(73,51-135-68)139-55(5)115/h19-24,29-32,37-40,52,60-68,70-75,77,116,131H,25-28,33-36,41-51H2,1-18H3,(H,105,114)(H,106,120)(H,107,118)(H,108,121)(H,109,122)(H,110,129)(H,111,119)(H,125,126)(H4,99,100,103)(H4,101,102,104)/t60-,61-,62-,63-,64-,65-,66?,67-,68+,70-,71+,72?,73-,74+,75+,77-,96+,97-,98+/m0/s1. The highest BCUT2D eigenvalue weighted by Crippen LogP contribution is 2.65. The van der Waals surface area contributed by atoms with Crippen molar-refractivity contribution in [2.45, 2.75) is 300 Å². The van der Waals surface area contributed by atoms with Gasteiger partial charge in [-0.25, -0.2) is 24.0 Å². The number of esters is 3. The van der Waals surface area contributed by atoms with Gasteiger partial charge in [0, 0.05) is 89.4 Å². The molecule has 44 heteroatoms. The van der Waals surface area contributed by atoms with Crippen LogP contribution in [-0.2, 0) is 107 Å². The lowest BCUT2D eigenvalue weighted by atomic mass is 9.44. The monoisotopic (exact) mass is 2020 g/mol. The molecule has 3 heterocycles. The fourth-order valence-electron chi connectivity index (χ4n) is 19.8. The Balaban J connectivity index is 0.932. The maximum Gasteiger partial charge on any atom is 0.509 e. The van der Waals surface area contributed by atoms with Crippen LogP contribution in [0.2, 0.25) is 0 Å². The summed E-state index contributed by atoms with van der Waals surface area (Å²) in [6.07, 6.45) is -12.0. The van der Waals surface area contributed by atoms with Crippen LogP contribution >= 0.6 is 21.6 Å². The number of likely N-dealkylation sites (tertiary alicyclic amines) is 2. The average Bonchev–Trinajstić information content (AvgIpc) is 0.674. The second-order valence-corrected chi connectivity index (χ2v) is 43.6. The van der Waals surface area contributed by atoms with E-state index < -0.39 is 249 Å². The quantitative estimate of drug-likeness (QED) is 0.00637. The number of guanidine groups is 2. The smallest absolute Gasteiger partial charge is 0.508 e. The molecule has 0 aromatic heterocycles. The number of phenols is 1. The van der Waals surface area contributed by atoms with Crippen LogP contribution in [0, 0.1) is 38.9 Å². The summed E-state index contributed by atoms with van der Waals surface area (Å²) >= 11 is 0. The van der Waals surface area contributed by atoms with E-state index in [1.54, 1.807) is 133 Å². The molecule has 42 nitrogen and oxygen atoms in total. The Kier molecular flexibility index (Phi) is 38.8. The Morgan fingerprint density at radius 2 is 1.24 bits per heavy atom. The molecule has 0 spiro atoms. The first kappa shape index (κ1) is 114. The number of alkyl carbamates (subject to hydrolysis) is 1. The molecular formula is C98H141N15O27S2. The van der Waals surface area contributed by atoms with Gasteiger partial charge < -0.3 is 127 Å². The number of ketones is 1. The molecular weight excluding hydrogens is 1880 g/mol. The Morgan fingerprint density at radius 3 is 1.77 bits per heavy atom. The topological polar surface area (TPSA) is 614 Å². The minimum absolute atomic E-state index is 0.00474. The summed E-state index contributed by atoms with van der Waals surface area (Å²) in [5.74, 6) is -13.8. The molecule has 19 atom stereocenters. The third kappa shape index (κ3) is 27.8. The molecule has 5 fully saturated rings. The molecule has 142 heavy (non-hydrogen) atoms. The second-order valence-electron chi connectivity index (χ2n) is 40.6. The Labute approximate surface area is 834 Å². The number of nitrogens with zero attached hydrogens (tertiary/aromatic N) is 2. The predicted molar refractivity (Wildman–Crippen MR) is 521 cm³/mol. The van der Waals surface area contributed by atoms with E-state index in [0.29, 0.717) is 5.56 Å². The van der Waals surface area contributed by atoms with Crippen LogP contribution < -0.4 is 59.3 Å². The number of hydrogen-bond donors (Lipinski definition) is 16. The summed E-state index contributed by atoms with van der Waals surface area (Å²) in [5.41, 5.74) is 2.36. The summed E-state index contributed by atoms with van der Waals surface area (Å²) in [4.78, 5) is 221. The van der Waals surface area contributed by atoms with E-state index in [-0.39, 0.29) is 143 Å². The fourth-order valence-corrected chi connectivity index (χ4v) is 22.2. The molecule has 9 amide bonds. The van der Waals surface area contributed by atoms with Gasteiger partial charge in [0.05, 0.1) is 29.6 Å². The van der Waals surface area contributed by atoms with Gasteiger partial charge in [0.25, 0.3) is 0 Å². The zero-order chi connectivity index (χ0) is 105. The van der Waals surface area contributed by atoms with Crippen LogP contribution in [0.25, 0.3) is 0 Å². The number of aromatic hydroxyl groups is 1. The van der Waals surface area contributed by atoms with Crippen molar-refractivity contribution in [2.24, 2.45) is 39.5 Å². The number of aliphatic carboxylic acids is 1. The molecule has 3 aliphatic carbocycles. The highest BCUT2D eigenvalue weighted by molar-refractivity contribution is 8.77. The lowest BCUT2D eigenvalue weighted by Crippen LogP contribution is -2.82. The molecule has 3 saturated heterocycles. The van der Waals surface area contributed by atoms with Gasteiger partial charge in [0.2, 0.25) is 53.4 Å². The van der Waals surface area contributed by atoms with Crippen molar-refractivity contribution in [1.29, 1.82) is 10.8 Å². The number of phenolic OH excluding ortho intramolecular Hbond substituents is 1.